The van der Waals surface area contributed by atoms with Crippen molar-refractivity contribution in [1.82, 2.24) is 0 Å². The van der Waals surface area contributed by atoms with Crippen LogP contribution in [0, 0.1) is 0 Å². The van der Waals surface area contributed by atoms with E-state index in [1.165, 1.54) is 30.7 Å². The van der Waals surface area contributed by atoms with Crippen molar-refractivity contribution in [2.45, 2.75) is 53.3 Å². The second-order valence-corrected chi connectivity index (χ2v) is 9.28. The number of quaternary nitrogens is 1. The minimum absolute atomic E-state index is 0.665. The largest absolute Gasteiger partial charge is 0.859 e. The second kappa shape index (κ2) is 10.1. The fourth-order valence-corrected chi connectivity index (χ4v) is 2.92. The molecule has 0 heterocycles. The van der Waals surface area contributed by atoms with Gasteiger partial charge < -0.3 is 15.0 Å². The predicted octanol–water partition coefficient (Wildman–Crippen LogP) is 1.78. The number of hydrogen-bond acceptors (Lipinski definition) is 2. The Morgan fingerprint density at radius 1 is 0.941 bits per heavy atom. The third kappa shape index (κ3) is 10.9. The molecule has 2 N–H and O–H groups in total. The molecule has 0 aromatic carbocycles. The van der Waals surface area contributed by atoms with Gasteiger partial charge in [-0.2, -0.15) is 0 Å². The third-order valence-electron chi connectivity index (χ3n) is 3.67. The lowest BCUT2D eigenvalue weighted by molar-refractivity contribution is -0.921. The maximum absolute atomic E-state index is 10.9. The van der Waals surface area contributed by atoms with Crippen molar-refractivity contribution >= 4 is 8.32 Å². The van der Waals surface area contributed by atoms with Crippen LogP contribution < -0.4 is 10.5 Å². The summed E-state index contributed by atoms with van der Waals surface area (Å²) in [6, 6.07) is 0.823. The van der Waals surface area contributed by atoms with Crippen LogP contribution in [0.3, 0.4) is 0 Å². The minimum Gasteiger partial charge on any atom is -0.859 e. The van der Waals surface area contributed by atoms with Crippen LogP contribution in [-0.4, -0.2) is 45.5 Å². The summed E-state index contributed by atoms with van der Waals surface area (Å²) in [5.74, 6) is 0. The molecular formula is C13H34N2OSi. The maximum Gasteiger partial charge on any atom is 0.0757 e. The molecule has 0 aliphatic rings. The van der Waals surface area contributed by atoms with Crippen molar-refractivity contribution in [2.24, 2.45) is 5.73 Å². The average molecular weight is 263 g/mol. The van der Waals surface area contributed by atoms with Gasteiger partial charge in [-0.05, 0) is 40.7 Å². The molecule has 0 saturated carbocycles. The maximum atomic E-state index is 10.9. The Bertz CT molecular complexity index is 148. The van der Waals surface area contributed by atoms with Gasteiger partial charge in [-0.1, -0.05) is 27.5 Å². The van der Waals surface area contributed by atoms with Gasteiger partial charge >= 0.3 is 0 Å². The van der Waals surface area contributed by atoms with Gasteiger partial charge in [0.2, 0.25) is 0 Å². The third-order valence-corrected chi connectivity index (χ3v) is 5.22. The van der Waals surface area contributed by atoms with Gasteiger partial charge in [-0.3, -0.25) is 0 Å². The van der Waals surface area contributed by atoms with Crippen molar-refractivity contribution in [3.8, 4) is 0 Å². The molecule has 0 saturated heterocycles. The molecule has 17 heavy (non-hydrogen) atoms. The van der Waals surface area contributed by atoms with E-state index in [1.807, 2.05) is 13.1 Å². The second-order valence-electron chi connectivity index (χ2n) is 5.26. The first-order valence-corrected chi connectivity index (χ1v) is 10.2. The van der Waals surface area contributed by atoms with Gasteiger partial charge in [-0.15, -0.1) is 0 Å². The lowest BCUT2D eigenvalue weighted by atomic mass is 10.3. The summed E-state index contributed by atoms with van der Waals surface area (Å²) in [6.07, 6.45) is 0.905. The normalized spacial score (nSPS) is 12.0. The van der Waals surface area contributed by atoms with E-state index in [2.05, 4.69) is 27.7 Å². The summed E-state index contributed by atoms with van der Waals surface area (Å²) in [4.78, 5) is 10.9. The summed E-state index contributed by atoms with van der Waals surface area (Å²) >= 11 is 0. The summed E-state index contributed by atoms with van der Waals surface area (Å²) < 4.78 is 1.28. The highest BCUT2D eigenvalue weighted by molar-refractivity contribution is 6.68. The number of nitrogens with two attached hydrogens (primary N) is 1. The smallest absolute Gasteiger partial charge is 0.0757 e. The van der Waals surface area contributed by atoms with Crippen LogP contribution in [0.5, 0.6) is 0 Å². The highest BCUT2D eigenvalue weighted by Gasteiger charge is 2.16. The lowest BCUT2D eigenvalue weighted by Gasteiger charge is -2.34. The Labute approximate surface area is 110 Å². The summed E-state index contributed by atoms with van der Waals surface area (Å²) in [7, 11) is -2.01. The van der Waals surface area contributed by atoms with Crippen LogP contribution in [0.1, 0.15) is 34.1 Å². The Morgan fingerprint density at radius 2 is 1.29 bits per heavy atom. The van der Waals surface area contributed by atoms with Gasteiger partial charge in [0.1, 0.15) is 0 Å². The van der Waals surface area contributed by atoms with Gasteiger partial charge in [0.05, 0.1) is 26.2 Å². The van der Waals surface area contributed by atoms with Gasteiger partial charge in [0, 0.05) is 0 Å². The zero-order chi connectivity index (χ0) is 13.9. The molecule has 0 radical (unpaired) electrons. The van der Waals surface area contributed by atoms with E-state index in [0.717, 1.165) is 12.5 Å². The predicted molar refractivity (Wildman–Crippen MR) is 78.4 cm³/mol. The highest BCUT2D eigenvalue weighted by atomic mass is 28.4. The van der Waals surface area contributed by atoms with Gasteiger partial charge in [0.15, 0.2) is 0 Å². The van der Waals surface area contributed by atoms with Crippen molar-refractivity contribution in [1.29, 1.82) is 0 Å². The van der Waals surface area contributed by atoms with Crippen LogP contribution >= 0.6 is 0 Å². The Morgan fingerprint density at radius 3 is 1.35 bits per heavy atom. The number of rotatable bonds is 7. The zero-order valence-electron chi connectivity index (χ0n) is 12.9. The molecule has 0 aromatic rings. The Hall–Kier alpha value is 0.0969. The van der Waals surface area contributed by atoms with Crippen LogP contribution in [0.25, 0.3) is 0 Å². The molecule has 0 rings (SSSR count). The van der Waals surface area contributed by atoms with E-state index >= 15 is 0 Å². The molecule has 0 aromatic heterocycles. The zero-order valence-corrected chi connectivity index (χ0v) is 13.9. The minimum atomic E-state index is -2.01. The first-order chi connectivity index (χ1) is 7.80. The summed E-state index contributed by atoms with van der Waals surface area (Å²) in [6.45, 7) is 18.5. The topological polar surface area (TPSA) is 49.1 Å². The van der Waals surface area contributed by atoms with Crippen LogP contribution in [0.2, 0.25) is 19.1 Å². The quantitative estimate of drug-likeness (QED) is 0.562. The van der Waals surface area contributed by atoms with Crippen molar-refractivity contribution < 1.29 is 9.28 Å². The van der Waals surface area contributed by atoms with Crippen LogP contribution in [0.15, 0.2) is 0 Å². The van der Waals surface area contributed by atoms with Crippen molar-refractivity contribution in [3.05, 3.63) is 0 Å². The van der Waals surface area contributed by atoms with E-state index in [0.29, 0.717) is 6.54 Å². The van der Waals surface area contributed by atoms with Gasteiger partial charge in [0.25, 0.3) is 0 Å². The summed E-state index contributed by atoms with van der Waals surface area (Å²) in [5.41, 5.74) is 5.22. The number of nitrogens with zero attached hydrogens (tertiary/aromatic N) is 1. The first kappa shape index (κ1) is 19.4. The van der Waals surface area contributed by atoms with Crippen molar-refractivity contribution in [2.75, 3.05) is 32.7 Å². The van der Waals surface area contributed by atoms with E-state index in [-0.39, 0.29) is 0 Å². The van der Waals surface area contributed by atoms with E-state index in [1.54, 1.807) is 0 Å². The highest BCUT2D eigenvalue weighted by Crippen LogP contribution is 2.03. The summed E-state index contributed by atoms with van der Waals surface area (Å²) in [5, 5.41) is 0. The monoisotopic (exact) mass is 262 g/mol. The standard InChI is InChI=1S/C8H20N.C5H14NOSi/c1-5-9(6-2,7-3)8-4;1-8(2,7)5-3-4-6/h5-8H2,1-4H3;3-6H2,1-2H3/q+1;-1. The molecule has 0 atom stereocenters. The Balaban J connectivity index is 0. The lowest BCUT2D eigenvalue weighted by Crippen LogP contribution is -2.47. The molecule has 0 bridgehead atoms. The fraction of sp³-hybridized carbons (Fsp3) is 1.00. The molecule has 4 heteroatoms. The van der Waals surface area contributed by atoms with Crippen molar-refractivity contribution in [3.63, 3.8) is 0 Å². The fourth-order valence-electron chi connectivity index (χ4n) is 1.87. The Kier molecular flexibility index (Phi) is 11.5. The molecule has 0 fully saturated rings. The van der Waals surface area contributed by atoms with Crippen LogP contribution in [-0.2, 0) is 0 Å². The molecule has 106 valence electrons. The first-order valence-electron chi connectivity index (χ1n) is 7.06. The molecule has 3 nitrogen and oxygen atoms in total. The average Bonchev–Trinajstić information content (AvgIpc) is 2.30. The number of hydrogen-bond donors (Lipinski definition) is 1. The molecule has 0 amide bonds. The van der Waals surface area contributed by atoms with E-state index in [9.17, 15) is 4.80 Å². The van der Waals surface area contributed by atoms with Gasteiger partial charge in [-0.25, -0.2) is 0 Å². The molecular weight excluding hydrogens is 228 g/mol. The van der Waals surface area contributed by atoms with E-state index in [4.69, 9.17) is 5.73 Å². The SMILES string of the molecule is CC[N+](CC)(CC)CC.C[Si](C)([O-])CCCN. The molecule has 0 spiro atoms. The van der Waals surface area contributed by atoms with E-state index < -0.39 is 8.32 Å². The molecule has 0 unspecified atom stereocenters. The molecule has 0 aliphatic heterocycles. The van der Waals surface area contributed by atoms with Crippen LogP contribution in [0.4, 0.5) is 0 Å². The molecule has 0 aliphatic carbocycles.